The lowest BCUT2D eigenvalue weighted by atomic mass is 9.98. The van der Waals surface area contributed by atoms with E-state index in [1.165, 1.54) is 0 Å². The zero-order valence-corrected chi connectivity index (χ0v) is 18.9. The number of ether oxygens (including phenoxy) is 1. The van der Waals surface area contributed by atoms with Gasteiger partial charge in [0, 0.05) is 24.8 Å². The Morgan fingerprint density at radius 1 is 1.10 bits per heavy atom. The quantitative estimate of drug-likeness (QED) is 0.540. The monoisotopic (exact) mass is 425 g/mol. The predicted molar refractivity (Wildman–Crippen MR) is 123 cm³/mol. The minimum atomic E-state index is -0.321. The lowest BCUT2D eigenvalue weighted by Gasteiger charge is -2.20. The Labute approximate surface area is 182 Å². The van der Waals surface area contributed by atoms with Crippen molar-refractivity contribution >= 4 is 17.4 Å². The molecule has 0 aliphatic carbocycles. The topological polar surface area (TPSA) is 47.4 Å². The van der Waals surface area contributed by atoms with Gasteiger partial charge in [0.05, 0.1) is 12.3 Å². The summed E-state index contributed by atoms with van der Waals surface area (Å²) in [5.74, 6) is 1.45. The van der Waals surface area contributed by atoms with Gasteiger partial charge in [0.2, 0.25) is 0 Å². The van der Waals surface area contributed by atoms with Crippen LogP contribution in [-0.4, -0.2) is 23.2 Å². The Balaban J connectivity index is 1.77. The second-order valence-electron chi connectivity index (χ2n) is 8.72. The maximum Gasteiger partial charge on any atom is 0.354 e. The molecule has 0 fully saturated rings. The zero-order chi connectivity index (χ0) is 21.9. The molecule has 1 aromatic heterocycles. The van der Waals surface area contributed by atoms with Crippen molar-refractivity contribution < 1.29 is 4.74 Å². The lowest BCUT2D eigenvalue weighted by Crippen LogP contribution is -2.26. The van der Waals surface area contributed by atoms with E-state index in [4.69, 9.17) is 16.3 Å². The van der Waals surface area contributed by atoms with Crippen molar-refractivity contribution in [3.8, 4) is 11.4 Å². The molecular weight excluding hydrogens is 398 g/mol. The molecule has 0 radical (unpaired) electrons. The molecule has 2 aromatic carbocycles. The molecule has 158 valence electrons. The largest absolute Gasteiger partial charge is 0.493 e. The first-order chi connectivity index (χ1) is 14.1. The van der Waals surface area contributed by atoms with Gasteiger partial charge in [0.1, 0.15) is 11.6 Å². The summed E-state index contributed by atoms with van der Waals surface area (Å²) in [5, 5.41) is 0.701. The minimum absolute atomic E-state index is 0.0832. The molecule has 30 heavy (non-hydrogen) atoms. The average Bonchev–Trinajstić information content (AvgIpc) is 2.68. The van der Waals surface area contributed by atoms with Gasteiger partial charge in [0.15, 0.2) is 0 Å². The van der Waals surface area contributed by atoms with E-state index in [2.05, 4.69) is 25.8 Å². The number of aryl methyl sites for hydroxylation is 1. The fraction of sp³-hybridized carbons (Fsp3) is 0.333. The van der Waals surface area contributed by atoms with Crippen molar-refractivity contribution in [2.24, 2.45) is 5.41 Å². The third-order valence-electron chi connectivity index (χ3n) is 4.61. The number of nitrogens with zero attached hydrogens (tertiary/aromatic N) is 3. The van der Waals surface area contributed by atoms with Gasteiger partial charge in [-0.15, -0.1) is 0 Å². The van der Waals surface area contributed by atoms with Crippen LogP contribution in [0.15, 0.2) is 59.5 Å². The number of halogens is 1. The van der Waals surface area contributed by atoms with Gasteiger partial charge in [0.25, 0.3) is 0 Å². The van der Waals surface area contributed by atoms with Crippen molar-refractivity contribution in [3.63, 3.8) is 0 Å². The highest BCUT2D eigenvalue weighted by atomic mass is 35.5. The molecule has 0 aliphatic heterocycles. The first kappa shape index (κ1) is 21.9. The summed E-state index contributed by atoms with van der Waals surface area (Å²) in [6.45, 7) is 9.64. The van der Waals surface area contributed by atoms with Gasteiger partial charge in [-0.25, -0.2) is 4.79 Å². The number of aromatic nitrogens is 2. The van der Waals surface area contributed by atoms with E-state index in [1.54, 1.807) is 10.8 Å². The van der Waals surface area contributed by atoms with Gasteiger partial charge in [-0.1, -0.05) is 44.5 Å². The number of anilines is 1. The SMILES string of the molecule is Cc1cc(-n2ccc(N(C)Cc3ccc(Cl)cc3)nc2=O)ccc1OCC(C)(C)C. The molecule has 0 N–H and O–H groups in total. The molecule has 0 spiro atoms. The third kappa shape index (κ3) is 5.63. The van der Waals surface area contributed by atoms with Crippen LogP contribution in [0, 0.1) is 12.3 Å². The fourth-order valence-corrected chi connectivity index (χ4v) is 3.11. The number of hydrogen-bond donors (Lipinski definition) is 0. The van der Waals surface area contributed by atoms with Gasteiger partial charge in [-0.05, 0) is 59.9 Å². The highest BCUT2D eigenvalue weighted by molar-refractivity contribution is 6.30. The molecule has 0 bridgehead atoms. The van der Waals surface area contributed by atoms with Crippen LogP contribution in [0.1, 0.15) is 31.9 Å². The summed E-state index contributed by atoms with van der Waals surface area (Å²) in [4.78, 5) is 18.9. The molecule has 5 nitrogen and oxygen atoms in total. The molecular formula is C24H28ClN3O2. The van der Waals surface area contributed by atoms with Gasteiger partial charge in [-0.2, -0.15) is 4.98 Å². The van der Waals surface area contributed by atoms with Gasteiger partial charge >= 0.3 is 5.69 Å². The first-order valence-electron chi connectivity index (χ1n) is 9.91. The molecule has 0 saturated carbocycles. The smallest absolute Gasteiger partial charge is 0.354 e. The Hall–Kier alpha value is -2.79. The summed E-state index contributed by atoms with van der Waals surface area (Å²) in [7, 11) is 1.91. The molecule has 3 rings (SSSR count). The van der Waals surface area contributed by atoms with Crippen LogP contribution in [0.4, 0.5) is 5.82 Å². The van der Waals surface area contributed by atoms with E-state index in [0.717, 1.165) is 22.6 Å². The van der Waals surface area contributed by atoms with Crippen molar-refractivity contribution in [1.29, 1.82) is 0 Å². The van der Waals surface area contributed by atoms with Crippen molar-refractivity contribution in [2.45, 2.75) is 34.2 Å². The highest BCUT2D eigenvalue weighted by Gasteiger charge is 2.13. The summed E-state index contributed by atoms with van der Waals surface area (Å²) >= 11 is 5.94. The van der Waals surface area contributed by atoms with Crippen LogP contribution in [0.5, 0.6) is 5.75 Å². The van der Waals surface area contributed by atoms with Crippen LogP contribution in [0.25, 0.3) is 5.69 Å². The lowest BCUT2D eigenvalue weighted by molar-refractivity contribution is 0.197. The first-order valence-corrected chi connectivity index (χ1v) is 10.3. The molecule has 0 amide bonds. The number of hydrogen-bond acceptors (Lipinski definition) is 4. The Morgan fingerprint density at radius 2 is 1.80 bits per heavy atom. The highest BCUT2D eigenvalue weighted by Crippen LogP contribution is 2.24. The number of benzene rings is 2. The third-order valence-corrected chi connectivity index (χ3v) is 4.86. The fourth-order valence-electron chi connectivity index (χ4n) is 2.99. The normalized spacial score (nSPS) is 11.4. The van der Waals surface area contributed by atoms with E-state index in [0.29, 0.717) is 24.0 Å². The summed E-state index contributed by atoms with van der Waals surface area (Å²) in [6.07, 6.45) is 1.76. The molecule has 0 saturated heterocycles. The molecule has 0 unspecified atom stereocenters. The van der Waals surface area contributed by atoms with Crippen molar-refractivity contribution in [1.82, 2.24) is 9.55 Å². The second kappa shape index (κ2) is 8.92. The Bertz CT molecular complexity index is 1070. The molecule has 6 heteroatoms. The zero-order valence-electron chi connectivity index (χ0n) is 18.1. The number of rotatable bonds is 6. The predicted octanol–water partition coefficient (Wildman–Crippen LogP) is 5.26. The molecule has 1 heterocycles. The van der Waals surface area contributed by atoms with Gasteiger partial charge in [-0.3, -0.25) is 4.57 Å². The van der Waals surface area contributed by atoms with Crippen LogP contribution in [0.2, 0.25) is 5.02 Å². The summed E-state index contributed by atoms with van der Waals surface area (Å²) in [5.41, 5.74) is 2.60. The molecule has 0 aliphatic rings. The van der Waals surface area contributed by atoms with Crippen LogP contribution in [0.3, 0.4) is 0 Å². The maximum atomic E-state index is 12.7. The Kier molecular flexibility index (Phi) is 6.52. The van der Waals surface area contributed by atoms with Crippen LogP contribution in [-0.2, 0) is 6.54 Å². The van der Waals surface area contributed by atoms with Crippen molar-refractivity contribution in [3.05, 3.63) is 81.4 Å². The second-order valence-corrected chi connectivity index (χ2v) is 9.16. The van der Waals surface area contributed by atoms with E-state index < -0.39 is 0 Å². The van der Waals surface area contributed by atoms with Crippen LogP contribution < -0.4 is 15.3 Å². The standard InChI is InChI=1S/C24H28ClN3O2/c1-17-14-20(10-11-21(17)30-16-24(2,3)4)28-13-12-22(26-23(28)29)27(5)15-18-6-8-19(25)9-7-18/h6-14H,15-16H2,1-5H3. The molecule has 3 aromatic rings. The van der Waals surface area contributed by atoms with E-state index in [1.807, 2.05) is 67.4 Å². The van der Waals surface area contributed by atoms with Crippen molar-refractivity contribution in [2.75, 3.05) is 18.6 Å². The average molecular weight is 426 g/mol. The van der Waals surface area contributed by atoms with Crippen LogP contribution >= 0.6 is 11.6 Å². The van der Waals surface area contributed by atoms with Gasteiger partial charge < -0.3 is 9.64 Å². The maximum absolute atomic E-state index is 12.7. The Morgan fingerprint density at radius 3 is 2.40 bits per heavy atom. The van der Waals surface area contributed by atoms with E-state index in [9.17, 15) is 4.79 Å². The van der Waals surface area contributed by atoms with E-state index >= 15 is 0 Å². The minimum Gasteiger partial charge on any atom is -0.493 e. The van der Waals surface area contributed by atoms with E-state index in [-0.39, 0.29) is 11.1 Å². The summed E-state index contributed by atoms with van der Waals surface area (Å²) < 4.78 is 7.46. The summed E-state index contributed by atoms with van der Waals surface area (Å²) in [6, 6.07) is 15.2. The molecule has 0 atom stereocenters.